The van der Waals surface area contributed by atoms with Gasteiger partial charge in [0.25, 0.3) is 0 Å². The van der Waals surface area contributed by atoms with Crippen LogP contribution in [0.15, 0.2) is 30.6 Å². The monoisotopic (exact) mass is 468 g/mol. The van der Waals surface area contributed by atoms with E-state index in [2.05, 4.69) is 35.7 Å². The summed E-state index contributed by atoms with van der Waals surface area (Å²) in [6, 6.07) is 7.44. The molecule has 0 bridgehead atoms. The average molecular weight is 468 g/mol. The molecule has 0 radical (unpaired) electrons. The highest BCUT2D eigenvalue weighted by atomic mass is 16.6. The summed E-state index contributed by atoms with van der Waals surface area (Å²) in [5.74, 6) is 0.537. The fraction of sp³-hybridized carbons (Fsp3) is 0.400. The van der Waals surface area contributed by atoms with Crippen molar-refractivity contribution in [3.05, 3.63) is 47.5 Å². The first-order chi connectivity index (χ1) is 16.5. The van der Waals surface area contributed by atoms with Gasteiger partial charge in [-0.15, -0.1) is 10.2 Å². The fourth-order valence-electron chi connectivity index (χ4n) is 3.87. The zero-order valence-corrected chi connectivity index (χ0v) is 18.2. The van der Waals surface area contributed by atoms with Crippen LogP contribution in [0, 0.1) is 0 Å². The molecule has 4 heterocycles. The minimum atomic E-state index is -1.31. The Morgan fingerprint density at radius 1 is 1.15 bits per heavy atom. The summed E-state index contributed by atoms with van der Waals surface area (Å²) in [5, 5.41) is 45.9. The predicted octanol–water partition coefficient (Wildman–Crippen LogP) is -0.489. The Hall–Kier alpha value is -3.72. The van der Waals surface area contributed by atoms with Gasteiger partial charge in [0.05, 0.1) is 19.5 Å². The van der Waals surface area contributed by atoms with Crippen LogP contribution in [0.25, 0.3) is 11.2 Å². The van der Waals surface area contributed by atoms with Gasteiger partial charge in [0.15, 0.2) is 23.8 Å². The maximum atomic E-state index is 10.7. The van der Waals surface area contributed by atoms with Crippen LogP contribution < -0.4 is 11.1 Å². The van der Waals surface area contributed by atoms with Crippen LogP contribution >= 0.6 is 0 Å². The molecule has 14 nitrogen and oxygen atoms in total. The topological polar surface area (TPSA) is 195 Å². The van der Waals surface area contributed by atoms with Crippen molar-refractivity contribution in [3.8, 4) is 0 Å². The summed E-state index contributed by atoms with van der Waals surface area (Å²) in [5.41, 5.74) is 8.40. The molecule has 1 aromatic carbocycles. The number of aliphatic hydroxyl groups is 3. The number of imidazole rings is 1. The quantitative estimate of drug-likeness (QED) is 0.234. The van der Waals surface area contributed by atoms with E-state index < -0.39 is 24.5 Å². The van der Waals surface area contributed by atoms with Crippen molar-refractivity contribution in [2.24, 2.45) is 0 Å². The maximum absolute atomic E-state index is 10.7. The summed E-state index contributed by atoms with van der Waals surface area (Å²) < 4.78 is 7.40. The van der Waals surface area contributed by atoms with Gasteiger partial charge in [-0.3, -0.25) is 4.57 Å². The van der Waals surface area contributed by atoms with Gasteiger partial charge in [0.1, 0.15) is 17.7 Å². The molecule has 1 aliphatic heterocycles. The number of nitrogens with zero attached hydrogens (tertiary/aromatic N) is 8. The minimum absolute atomic E-state index is 0.0894. The number of hydrogen-bond acceptors (Lipinski definition) is 12. The second-order valence-electron chi connectivity index (χ2n) is 7.80. The molecule has 0 unspecified atom stereocenters. The van der Waals surface area contributed by atoms with Crippen LogP contribution in [-0.2, 0) is 24.4 Å². The summed E-state index contributed by atoms with van der Waals surface area (Å²) in [4.78, 5) is 14.4. The van der Waals surface area contributed by atoms with Gasteiger partial charge >= 0.3 is 0 Å². The van der Waals surface area contributed by atoms with E-state index in [9.17, 15) is 15.3 Å². The van der Waals surface area contributed by atoms with Gasteiger partial charge in [-0.1, -0.05) is 24.3 Å². The van der Waals surface area contributed by atoms with Gasteiger partial charge in [-0.05, 0) is 23.3 Å². The van der Waals surface area contributed by atoms with Crippen molar-refractivity contribution in [2.45, 2.75) is 51.2 Å². The predicted molar refractivity (Wildman–Crippen MR) is 118 cm³/mol. The van der Waals surface area contributed by atoms with Gasteiger partial charge in [-0.2, -0.15) is 14.8 Å². The number of anilines is 2. The number of benzene rings is 1. The second kappa shape index (κ2) is 8.90. The second-order valence-corrected chi connectivity index (χ2v) is 7.80. The number of aryl methyl sites for hydroxylation is 1. The lowest BCUT2D eigenvalue weighted by atomic mass is 10.1. The molecule has 5 rings (SSSR count). The number of nitrogen functional groups attached to an aromatic ring is 1. The lowest BCUT2D eigenvalue weighted by molar-refractivity contribution is -0.0384. The van der Waals surface area contributed by atoms with Crippen molar-refractivity contribution in [1.29, 1.82) is 0 Å². The van der Waals surface area contributed by atoms with E-state index >= 15 is 0 Å². The molecule has 0 spiro atoms. The van der Waals surface area contributed by atoms with E-state index in [4.69, 9.17) is 10.5 Å². The van der Waals surface area contributed by atoms with E-state index in [0.29, 0.717) is 24.3 Å². The summed E-state index contributed by atoms with van der Waals surface area (Å²) in [6.45, 7) is 2.62. The number of aromatic nitrogens is 8. The molecular weight excluding hydrogens is 444 g/mol. The Balaban J connectivity index is 1.43. The Labute approximate surface area is 193 Å². The number of rotatable bonds is 7. The summed E-state index contributed by atoms with van der Waals surface area (Å²) in [6.07, 6.45) is -3.18. The van der Waals surface area contributed by atoms with Crippen molar-refractivity contribution >= 4 is 22.9 Å². The highest BCUT2D eigenvalue weighted by Gasteiger charge is 2.47. The molecule has 0 aliphatic carbocycles. The molecule has 4 aromatic rings. The largest absolute Gasteiger partial charge is 0.392 e. The lowest BCUT2D eigenvalue weighted by Gasteiger charge is -2.17. The van der Waals surface area contributed by atoms with Gasteiger partial charge in [0.2, 0.25) is 11.8 Å². The van der Waals surface area contributed by atoms with Crippen LogP contribution in [0.5, 0.6) is 0 Å². The number of aliphatic hydroxyl groups excluding tert-OH is 3. The van der Waals surface area contributed by atoms with Crippen molar-refractivity contribution in [1.82, 2.24) is 39.7 Å². The third-order valence-corrected chi connectivity index (χ3v) is 5.69. The molecule has 34 heavy (non-hydrogen) atoms. The van der Waals surface area contributed by atoms with Crippen LogP contribution in [0.2, 0.25) is 0 Å². The van der Waals surface area contributed by atoms with E-state index in [1.165, 1.54) is 15.7 Å². The highest BCUT2D eigenvalue weighted by Crippen LogP contribution is 2.38. The normalized spacial score (nSPS) is 22.5. The third-order valence-electron chi connectivity index (χ3n) is 5.69. The first-order valence-corrected chi connectivity index (χ1v) is 10.7. The van der Waals surface area contributed by atoms with Crippen LogP contribution in [0.3, 0.4) is 0 Å². The Bertz CT molecular complexity index is 1310. The average Bonchev–Trinajstić information content (AvgIpc) is 3.56. The van der Waals surface area contributed by atoms with E-state index in [1.54, 1.807) is 0 Å². The number of hydrogen-bond donors (Lipinski definition) is 5. The number of fused-ring (bicyclic) bond motifs is 1. The molecular formula is C20H24N10O4. The third kappa shape index (κ3) is 3.81. The maximum Gasteiger partial charge on any atom is 0.227 e. The van der Waals surface area contributed by atoms with Crippen molar-refractivity contribution in [2.75, 3.05) is 11.1 Å². The number of nitrogens with one attached hydrogen (secondary N) is 1. The highest BCUT2D eigenvalue weighted by molar-refractivity contribution is 5.83. The van der Waals surface area contributed by atoms with Crippen molar-refractivity contribution in [3.63, 3.8) is 0 Å². The van der Waals surface area contributed by atoms with E-state index in [1.807, 2.05) is 31.2 Å². The molecule has 4 atom stereocenters. The number of ether oxygens (including phenoxy) is 1. The molecule has 1 fully saturated rings. The van der Waals surface area contributed by atoms with E-state index in [0.717, 1.165) is 11.1 Å². The molecule has 178 valence electrons. The number of nitrogens with two attached hydrogens (primary N) is 1. The minimum Gasteiger partial charge on any atom is -0.392 e. The molecule has 3 aromatic heterocycles. The molecule has 1 aliphatic rings. The molecule has 14 heteroatoms. The van der Waals surface area contributed by atoms with Crippen molar-refractivity contribution < 1.29 is 20.1 Å². The Morgan fingerprint density at radius 3 is 2.68 bits per heavy atom. The summed E-state index contributed by atoms with van der Waals surface area (Å²) >= 11 is 0. The molecule has 0 saturated carbocycles. The Morgan fingerprint density at radius 2 is 1.94 bits per heavy atom. The first-order valence-electron chi connectivity index (χ1n) is 10.7. The fourth-order valence-corrected chi connectivity index (χ4v) is 3.87. The number of tetrazole rings is 1. The first kappa shape index (κ1) is 22.1. The summed E-state index contributed by atoms with van der Waals surface area (Å²) in [7, 11) is 0. The van der Waals surface area contributed by atoms with E-state index in [-0.39, 0.29) is 24.2 Å². The smallest absolute Gasteiger partial charge is 0.227 e. The zero-order chi connectivity index (χ0) is 23.8. The SMILES string of the molecule is CCn1nnc([C@H]2O[C@@H](n3cnc4c(N)nc(NCc5ccccc5CO)nc43)[C@H](O)[C@@H]2O)n1. The standard InChI is InChI=1S/C20H24N10O4/c1-2-30-27-17(26-28-30)15-13(32)14(33)19(34-15)29-9-23-12-16(21)24-20(25-18(12)29)22-7-10-5-3-4-6-11(10)8-31/h3-6,9,13-15,19,31-33H,2,7-8H2,1H3,(H3,21,22,24,25)/t13-,14+,15-,19+/m0/s1. The van der Waals surface area contributed by atoms with Crippen LogP contribution in [0.1, 0.15) is 36.2 Å². The van der Waals surface area contributed by atoms with Gasteiger partial charge in [-0.25, -0.2) is 4.98 Å². The molecule has 6 N–H and O–H groups in total. The lowest BCUT2D eigenvalue weighted by Crippen LogP contribution is -2.29. The Kier molecular flexibility index (Phi) is 5.79. The van der Waals surface area contributed by atoms with Gasteiger partial charge in [0, 0.05) is 6.54 Å². The van der Waals surface area contributed by atoms with Crippen LogP contribution in [0.4, 0.5) is 11.8 Å². The molecule has 1 saturated heterocycles. The van der Waals surface area contributed by atoms with Crippen LogP contribution in [-0.4, -0.2) is 67.3 Å². The zero-order valence-electron chi connectivity index (χ0n) is 18.2. The molecule has 0 amide bonds. The van der Waals surface area contributed by atoms with Gasteiger partial charge < -0.3 is 31.1 Å².